The highest BCUT2D eigenvalue weighted by molar-refractivity contribution is 5.32. The second kappa shape index (κ2) is 4.04. The van der Waals surface area contributed by atoms with Crippen molar-refractivity contribution in [1.29, 1.82) is 0 Å². The molecule has 1 heterocycles. The summed E-state index contributed by atoms with van der Waals surface area (Å²) in [6.07, 6.45) is 0. The van der Waals surface area contributed by atoms with Gasteiger partial charge in [-0.3, -0.25) is 0 Å². The summed E-state index contributed by atoms with van der Waals surface area (Å²) in [6.45, 7) is 0.0133. The van der Waals surface area contributed by atoms with Crippen LogP contribution in [0.4, 0.5) is 4.39 Å². The summed E-state index contributed by atoms with van der Waals surface area (Å²) in [7, 11) is 2.82. The molecule has 2 N–H and O–H groups in total. The molecule has 0 saturated carbocycles. The van der Waals surface area contributed by atoms with Crippen molar-refractivity contribution in [2.24, 2.45) is 5.73 Å². The molecule has 5 heteroatoms. The molecule has 0 radical (unpaired) electrons. The predicted octanol–water partition coefficient (Wildman–Crippen LogP) is 0.697. The van der Waals surface area contributed by atoms with Gasteiger partial charge < -0.3 is 15.2 Å². The van der Waals surface area contributed by atoms with Gasteiger partial charge in [0, 0.05) is 12.6 Å². The zero-order valence-electron chi connectivity index (χ0n) is 7.50. The van der Waals surface area contributed by atoms with Crippen LogP contribution < -0.4 is 15.2 Å². The zero-order chi connectivity index (χ0) is 9.84. The first-order chi connectivity index (χ1) is 6.22. The minimum Gasteiger partial charge on any atom is -0.493 e. The topological polar surface area (TPSA) is 57.4 Å². The molecule has 13 heavy (non-hydrogen) atoms. The van der Waals surface area contributed by atoms with E-state index in [-0.39, 0.29) is 18.0 Å². The quantitative estimate of drug-likeness (QED) is 0.754. The molecule has 0 amide bonds. The van der Waals surface area contributed by atoms with Crippen LogP contribution in [0.2, 0.25) is 0 Å². The molecular formula is C8H11FN2O2. The summed E-state index contributed by atoms with van der Waals surface area (Å²) in [5, 5.41) is 0. The molecule has 0 fully saturated rings. The average Bonchev–Trinajstić information content (AvgIpc) is 2.18. The van der Waals surface area contributed by atoms with Gasteiger partial charge in [0.05, 0.1) is 19.9 Å². The van der Waals surface area contributed by atoms with E-state index in [1.807, 2.05) is 0 Å². The number of methoxy groups -OCH3 is 2. The summed E-state index contributed by atoms with van der Waals surface area (Å²) in [5.74, 6) is -0.156. The van der Waals surface area contributed by atoms with E-state index in [9.17, 15) is 4.39 Å². The van der Waals surface area contributed by atoms with Crippen molar-refractivity contribution in [1.82, 2.24) is 4.98 Å². The molecule has 0 aromatic carbocycles. The number of nitrogens with two attached hydrogens (primary N) is 1. The first-order valence-corrected chi connectivity index (χ1v) is 3.70. The van der Waals surface area contributed by atoms with Gasteiger partial charge in [-0.25, -0.2) is 9.37 Å². The van der Waals surface area contributed by atoms with Crippen molar-refractivity contribution in [3.05, 3.63) is 17.6 Å². The van der Waals surface area contributed by atoms with Crippen LogP contribution >= 0.6 is 0 Å². The molecule has 1 rings (SSSR count). The number of hydrogen-bond acceptors (Lipinski definition) is 4. The van der Waals surface area contributed by atoms with Crippen LogP contribution in [0.5, 0.6) is 11.6 Å². The highest BCUT2D eigenvalue weighted by Gasteiger charge is 2.11. The van der Waals surface area contributed by atoms with E-state index in [1.54, 1.807) is 0 Å². The van der Waals surface area contributed by atoms with Gasteiger partial charge in [-0.15, -0.1) is 0 Å². The van der Waals surface area contributed by atoms with Crippen molar-refractivity contribution in [3.8, 4) is 11.6 Å². The molecule has 0 aliphatic heterocycles. The third kappa shape index (κ3) is 1.86. The molecule has 4 nitrogen and oxygen atoms in total. The molecule has 0 atom stereocenters. The third-order valence-corrected chi connectivity index (χ3v) is 1.59. The number of halogens is 1. The summed E-state index contributed by atoms with van der Waals surface area (Å²) in [4.78, 5) is 3.82. The Morgan fingerprint density at radius 2 is 2.15 bits per heavy atom. The molecule has 0 saturated heterocycles. The number of nitrogens with zero attached hydrogens (tertiary/aromatic N) is 1. The Kier molecular flexibility index (Phi) is 3.02. The smallest absolute Gasteiger partial charge is 0.217 e. The highest BCUT2D eigenvalue weighted by Crippen LogP contribution is 2.23. The molecular weight excluding hydrogens is 175 g/mol. The fourth-order valence-corrected chi connectivity index (χ4v) is 0.920. The van der Waals surface area contributed by atoms with Crippen LogP contribution in [0.1, 0.15) is 5.69 Å². The van der Waals surface area contributed by atoms with Crippen molar-refractivity contribution in [2.45, 2.75) is 6.54 Å². The van der Waals surface area contributed by atoms with E-state index in [0.29, 0.717) is 5.88 Å². The number of rotatable bonds is 3. The number of pyridine rings is 1. The summed E-state index contributed by atoms with van der Waals surface area (Å²) >= 11 is 0. The average molecular weight is 186 g/mol. The maximum Gasteiger partial charge on any atom is 0.217 e. The first-order valence-electron chi connectivity index (χ1n) is 3.70. The van der Waals surface area contributed by atoms with Gasteiger partial charge in [0.2, 0.25) is 5.88 Å². The monoisotopic (exact) mass is 186 g/mol. The van der Waals surface area contributed by atoms with Crippen molar-refractivity contribution in [2.75, 3.05) is 14.2 Å². The second-order valence-corrected chi connectivity index (χ2v) is 2.33. The van der Waals surface area contributed by atoms with Crippen LogP contribution in [0.25, 0.3) is 0 Å². The second-order valence-electron chi connectivity index (χ2n) is 2.33. The van der Waals surface area contributed by atoms with Crippen molar-refractivity contribution >= 4 is 0 Å². The SMILES string of the molecule is COc1cc(OC)c(F)c(CN)n1. The number of aromatic nitrogens is 1. The van der Waals surface area contributed by atoms with Crippen LogP contribution in [0.3, 0.4) is 0 Å². The van der Waals surface area contributed by atoms with Gasteiger partial charge in [-0.1, -0.05) is 0 Å². The number of ether oxygens (including phenoxy) is 2. The van der Waals surface area contributed by atoms with Crippen LogP contribution in [-0.2, 0) is 6.54 Å². The lowest BCUT2D eigenvalue weighted by Gasteiger charge is -2.07. The molecule has 0 aliphatic carbocycles. The number of hydrogen-bond donors (Lipinski definition) is 1. The maximum absolute atomic E-state index is 13.3. The van der Waals surface area contributed by atoms with Crippen molar-refractivity contribution in [3.63, 3.8) is 0 Å². The Balaban J connectivity index is 3.20. The minimum absolute atomic E-state index is 0.0133. The molecule has 1 aromatic heterocycles. The largest absolute Gasteiger partial charge is 0.493 e. The van der Waals surface area contributed by atoms with Gasteiger partial charge in [-0.2, -0.15) is 0 Å². The lowest BCUT2D eigenvalue weighted by atomic mass is 10.3. The van der Waals surface area contributed by atoms with Gasteiger partial charge >= 0.3 is 0 Å². The Labute approximate surface area is 75.5 Å². The highest BCUT2D eigenvalue weighted by atomic mass is 19.1. The molecule has 0 spiro atoms. The van der Waals surface area contributed by atoms with E-state index in [4.69, 9.17) is 15.2 Å². The van der Waals surface area contributed by atoms with E-state index in [1.165, 1.54) is 20.3 Å². The molecule has 0 bridgehead atoms. The van der Waals surface area contributed by atoms with Gasteiger partial charge in [-0.05, 0) is 0 Å². The minimum atomic E-state index is -0.536. The van der Waals surface area contributed by atoms with Crippen LogP contribution in [0, 0.1) is 5.82 Å². The van der Waals surface area contributed by atoms with E-state index >= 15 is 0 Å². The summed E-state index contributed by atoms with van der Waals surface area (Å²) in [6, 6.07) is 1.37. The molecule has 0 aliphatic rings. The Morgan fingerprint density at radius 3 is 2.62 bits per heavy atom. The Hall–Kier alpha value is -1.36. The van der Waals surface area contributed by atoms with E-state index in [0.717, 1.165) is 0 Å². The molecule has 72 valence electrons. The molecule has 1 aromatic rings. The normalized spacial score (nSPS) is 9.85. The van der Waals surface area contributed by atoms with E-state index in [2.05, 4.69) is 4.98 Å². The van der Waals surface area contributed by atoms with E-state index < -0.39 is 5.82 Å². The lowest BCUT2D eigenvalue weighted by molar-refractivity contribution is 0.360. The molecule has 0 unspecified atom stereocenters. The third-order valence-electron chi connectivity index (χ3n) is 1.59. The summed E-state index contributed by atoms with van der Waals surface area (Å²) < 4.78 is 22.9. The predicted molar refractivity (Wildman–Crippen MR) is 45.2 cm³/mol. The standard InChI is InChI=1S/C8H11FN2O2/c1-12-6-3-7(13-2)11-5(4-10)8(6)9/h3H,4,10H2,1-2H3. The first kappa shape index (κ1) is 9.73. The van der Waals surface area contributed by atoms with Gasteiger partial charge in [0.15, 0.2) is 11.6 Å². The summed E-state index contributed by atoms with van der Waals surface area (Å²) in [5.41, 5.74) is 5.42. The van der Waals surface area contributed by atoms with Crippen LogP contribution in [-0.4, -0.2) is 19.2 Å². The van der Waals surface area contributed by atoms with Crippen molar-refractivity contribution < 1.29 is 13.9 Å². The van der Waals surface area contributed by atoms with Gasteiger partial charge in [0.25, 0.3) is 0 Å². The fraction of sp³-hybridized carbons (Fsp3) is 0.375. The lowest BCUT2D eigenvalue weighted by Crippen LogP contribution is -2.06. The zero-order valence-corrected chi connectivity index (χ0v) is 7.50. The Morgan fingerprint density at radius 1 is 1.46 bits per heavy atom. The fourth-order valence-electron chi connectivity index (χ4n) is 0.920. The van der Waals surface area contributed by atoms with Gasteiger partial charge in [0.1, 0.15) is 0 Å². The Bertz CT molecular complexity index is 279. The van der Waals surface area contributed by atoms with Crippen LogP contribution in [0.15, 0.2) is 6.07 Å². The maximum atomic E-state index is 13.3.